The Morgan fingerprint density at radius 1 is 1.06 bits per heavy atom. The van der Waals surface area contributed by atoms with Crippen molar-refractivity contribution >= 4 is 6.29 Å². The lowest BCUT2D eigenvalue weighted by Gasteiger charge is -2.07. The van der Waals surface area contributed by atoms with E-state index in [1.54, 1.807) is 0 Å². The summed E-state index contributed by atoms with van der Waals surface area (Å²) in [6, 6.07) is 9.05. The molecule has 17 heavy (non-hydrogen) atoms. The van der Waals surface area contributed by atoms with Gasteiger partial charge in [0.1, 0.15) is 17.9 Å². The number of carbonyl (C=O) groups is 1. The van der Waals surface area contributed by atoms with Gasteiger partial charge >= 0.3 is 0 Å². The van der Waals surface area contributed by atoms with Gasteiger partial charge in [0.25, 0.3) is 0 Å². The molecular weight excluding hydrogens is 226 g/mol. The van der Waals surface area contributed by atoms with Crippen LogP contribution in [-0.2, 0) is 0 Å². The molecule has 0 N–H and O–H groups in total. The Kier molecular flexibility index (Phi) is 3.14. The summed E-state index contributed by atoms with van der Waals surface area (Å²) in [6.07, 6.45) is 0.581. The van der Waals surface area contributed by atoms with Crippen molar-refractivity contribution in [2.75, 3.05) is 0 Å². The Balaban J connectivity index is 2.32. The predicted molar refractivity (Wildman–Crippen MR) is 58.3 cm³/mol. The first kappa shape index (κ1) is 11.3. The van der Waals surface area contributed by atoms with Crippen LogP contribution in [0.1, 0.15) is 10.4 Å². The number of halogens is 2. The minimum absolute atomic E-state index is 0.111. The number of hydrogen-bond donors (Lipinski definition) is 0. The zero-order valence-electron chi connectivity index (χ0n) is 8.69. The van der Waals surface area contributed by atoms with E-state index >= 15 is 0 Å². The normalized spacial score (nSPS) is 10.0. The van der Waals surface area contributed by atoms with Crippen molar-refractivity contribution in [1.29, 1.82) is 0 Å². The summed E-state index contributed by atoms with van der Waals surface area (Å²) in [7, 11) is 0. The van der Waals surface area contributed by atoms with Gasteiger partial charge in [0.15, 0.2) is 11.6 Å². The first-order valence-corrected chi connectivity index (χ1v) is 4.87. The molecule has 0 amide bonds. The van der Waals surface area contributed by atoms with Gasteiger partial charge in [-0.25, -0.2) is 8.78 Å². The molecule has 0 atom stereocenters. The Labute approximate surface area is 96.5 Å². The summed E-state index contributed by atoms with van der Waals surface area (Å²) < 4.78 is 31.4. The van der Waals surface area contributed by atoms with E-state index in [1.807, 2.05) is 0 Å². The molecule has 4 heteroatoms. The van der Waals surface area contributed by atoms with Gasteiger partial charge in [-0.1, -0.05) is 6.07 Å². The fourth-order valence-corrected chi connectivity index (χ4v) is 1.33. The molecule has 86 valence electrons. The minimum Gasteiger partial charge on any atom is -0.454 e. The van der Waals surface area contributed by atoms with Crippen LogP contribution in [-0.4, -0.2) is 6.29 Å². The van der Waals surface area contributed by atoms with Gasteiger partial charge < -0.3 is 4.74 Å². The van der Waals surface area contributed by atoms with Crippen LogP contribution in [0.3, 0.4) is 0 Å². The lowest BCUT2D eigenvalue weighted by Crippen LogP contribution is -1.91. The SMILES string of the molecule is O=Cc1ccc(F)c(Oc2cccc(F)c2)c1. The summed E-state index contributed by atoms with van der Waals surface area (Å²) in [5, 5.41) is 0. The molecule has 0 radical (unpaired) electrons. The molecule has 0 saturated heterocycles. The van der Waals surface area contributed by atoms with Gasteiger partial charge in [0.2, 0.25) is 0 Å². The molecule has 0 bridgehead atoms. The molecule has 0 spiro atoms. The Morgan fingerprint density at radius 3 is 2.59 bits per heavy atom. The van der Waals surface area contributed by atoms with Crippen molar-refractivity contribution in [1.82, 2.24) is 0 Å². The largest absolute Gasteiger partial charge is 0.454 e. The first-order valence-electron chi connectivity index (χ1n) is 4.87. The van der Waals surface area contributed by atoms with Crippen LogP contribution in [0.15, 0.2) is 42.5 Å². The van der Waals surface area contributed by atoms with Crippen LogP contribution < -0.4 is 4.74 Å². The van der Waals surface area contributed by atoms with E-state index in [-0.39, 0.29) is 17.1 Å². The van der Waals surface area contributed by atoms with E-state index < -0.39 is 11.6 Å². The van der Waals surface area contributed by atoms with Crippen LogP contribution in [0.4, 0.5) is 8.78 Å². The van der Waals surface area contributed by atoms with Crippen LogP contribution >= 0.6 is 0 Å². The summed E-state index contributed by atoms with van der Waals surface area (Å²) >= 11 is 0. The summed E-state index contributed by atoms with van der Waals surface area (Å²) in [6.45, 7) is 0. The number of ether oxygens (including phenoxy) is 1. The number of hydrogen-bond acceptors (Lipinski definition) is 2. The Morgan fingerprint density at radius 2 is 1.88 bits per heavy atom. The summed E-state index contributed by atoms with van der Waals surface area (Å²) in [5.41, 5.74) is 0.290. The van der Waals surface area contributed by atoms with Crippen molar-refractivity contribution in [3.63, 3.8) is 0 Å². The smallest absolute Gasteiger partial charge is 0.165 e. The third kappa shape index (κ3) is 2.66. The van der Waals surface area contributed by atoms with Gasteiger partial charge in [-0.3, -0.25) is 4.79 Å². The average Bonchev–Trinajstić information content (AvgIpc) is 2.32. The van der Waals surface area contributed by atoms with Crippen LogP contribution in [0, 0.1) is 11.6 Å². The van der Waals surface area contributed by atoms with Gasteiger partial charge in [0, 0.05) is 11.6 Å². The molecule has 0 aliphatic carbocycles. The summed E-state index contributed by atoms with van der Waals surface area (Å²) in [5.74, 6) is -1.03. The van der Waals surface area contributed by atoms with E-state index in [2.05, 4.69) is 0 Å². The van der Waals surface area contributed by atoms with Crippen LogP contribution in [0.2, 0.25) is 0 Å². The fraction of sp³-hybridized carbons (Fsp3) is 0. The topological polar surface area (TPSA) is 26.3 Å². The maximum absolute atomic E-state index is 13.4. The maximum atomic E-state index is 13.4. The maximum Gasteiger partial charge on any atom is 0.165 e. The molecule has 0 saturated carbocycles. The van der Waals surface area contributed by atoms with E-state index in [0.29, 0.717) is 6.29 Å². The quantitative estimate of drug-likeness (QED) is 0.759. The molecule has 2 aromatic rings. The molecule has 0 aliphatic rings. The highest BCUT2D eigenvalue weighted by Crippen LogP contribution is 2.25. The molecule has 2 aromatic carbocycles. The summed E-state index contributed by atoms with van der Waals surface area (Å²) in [4.78, 5) is 10.5. The third-order valence-electron chi connectivity index (χ3n) is 2.12. The standard InChI is InChI=1S/C13H8F2O2/c14-10-2-1-3-11(7-10)17-13-6-9(8-16)4-5-12(13)15/h1-8H. The first-order chi connectivity index (χ1) is 8.19. The average molecular weight is 234 g/mol. The predicted octanol–water partition coefficient (Wildman–Crippen LogP) is 3.57. The molecule has 0 aliphatic heterocycles. The highest BCUT2D eigenvalue weighted by atomic mass is 19.1. The van der Waals surface area contributed by atoms with Gasteiger partial charge in [-0.2, -0.15) is 0 Å². The number of carbonyl (C=O) groups excluding carboxylic acids is 1. The van der Waals surface area contributed by atoms with Gasteiger partial charge in [0.05, 0.1) is 0 Å². The second-order valence-electron chi connectivity index (χ2n) is 3.37. The lowest BCUT2D eigenvalue weighted by atomic mass is 10.2. The number of aldehydes is 1. The van der Waals surface area contributed by atoms with Crippen molar-refractivity contribution in [2.24, 2.45) is 0 Å². The fourth-order valence-electron chi connectivity index (χ4n) is 1.33. The number of benzene rings is 2. The van der Waals surface area contributed by atoms with E-state index in [1.165, 1.54) is 30.3 Å². The van der Waals surface area contributed by atoms with Crippen LogP contribution in [0.25, 0.3) is 0 Å². The second kappa shape index (κ2) is 4.74. The lowest BCUT2D eigenvalue weighted by molar-refractivity contribution is 0.112. The molecule has 2 nitrogen and oxygen atoms in total. The molecule has 0 fully saturated rings. The highest BCUT2D eigenvalue weighted by molar-refractivity contribution is 5.75. The molecule has 2 rings (SSSR count). The van der Waals surface area contributed by atoms with Crippen molar-refractivity contribution < 1.29 is 18.3 Å². The number of rotatable bonds is 3. The minimum atomic E-state index is -0.611. The monoisotopic (exact) mass is 234 g/mol. The molecule has 0 aromatic heterocycles. The van der Waals surface area contributed by atoms with E-state index in [0.717, 1.165) is 12.1 Å². The van der Waals surface area contributed by atoms with Crippen LogP contribution in [0.5, 0.6) is 11.5 Å². The van der Waals surface area contributed by atoms with Crippen molar-refractivity contribution in [3.8, 4) is 11.5 Å². The molecule has 0 heterocycles. The zero-order chi connectivity index (χ0) is 12.3. The molecular formula is C13H8F2O2. The Hall–Kier alpha value is -2.23. The molecule has 0 unspecified atom stereocenters. The third-order valence-corrected chi connectivity index (χ3v) is 2.12. The van der Waals surface area contributed by atoms with Crippen molar-refractivity contribution in [3.05, 3.63) is 59.7 Å². The van der Waals surface area contributed by atoms with E-state index in [4.69, 9.17) is 4.74 Å². The van der Waals surface area contributed by atoms with E-state index in [9.17, 15) is 13.6 Å². The highest BCUT2D eigenvalue weighted by Gasteiger charge is 2.06. The zero-order valence-corrected chi connectivity index (χ0v) is 8.69. The van der Waals surface area contributed by atoms with Gasteiger partial charge in [-0.15, -0.1) is 0 Å². The van der Waals surface area contributed by atoms with Crippen molar-refractivity contribution in [2.45, 2.75) is 0 Å². The second-order valence-corrected chi connectivity index (χ2v) is 3.37. The van der Waals surface area contributed by atoms with Gasteiger partial charge in [-0.05, 0) is 30.3 Å². The Bertz CT molecular complexity index is 553.